The molecule has 0 spiro atoms. The number of H-pyrrole nitrogens is 1. The quantitative estimate of drug-likeness (QED) is 0.767. The number of likely N-dealkylation sites (N-methyl/N-ethyl adjacent to an activating group) is 1. The summed E-state index contributed by atoms with van der Waals surface area (Å²) in [5.74, 6) is 1.40. The molecule has 0 radical (unpaired) electrons. The summed E-state index contributed by atoms with van der Waals surface area (Å²) in [5, 5.41) is 10.5. The maximum atomic E-state index is 11.5. The Bertz CT molecular complexity index is 613. The fraction of sp³-hybridized carbons (Fsp3) is 0.545. The van der Waals surface area contributed by atoms with E-state index in [2.05, 4.69) is 20.2 Å². The monoisotopic (exact) mass is 248 g/mol. The van der Waals surface area contributed by atoms with E-state index in [1.54, 1.807) is 6.07 Å². The first-order chi connectivity index (χ1) is 8.70. The van der Waals surface area contributed by atoms with Crippen LogP contribution in [0.4, 0.5) is 5.82 Å². The molecule has 0 bridgehead atoms. The van der Waals surface area contributed by atoms with Crippen LogP contribution in [-0.2, 0) is 0 Å². The van der Waals surface area contributed by atoms with Crippen molar-refractivity contribution in [3.8, 4) is 0 Å². The standard InChI is InChI=1S/C11H16N6O/c1-16(8(6-12)7-2-3-7)10-5-4-9-13-14-11(18)17(9)15-10/h4-5,7-8H,2-3,6,12H2,1H3,(H,14,18). The van der Waals surface area contributed by atoms with Crippen LogP contribution in [-0.4, -0.2) is 39.4 Å². The number of nitrogens with zero attached hydrogens (tertiary/aromatic N) is 4. The van der Waals surface area contributed by atoms with Crippen molar-refractivity contribution in [1.82, 2.24) is 19.8 Å². The molecule has 7 nitrogen and oxygen atoms in total. The van der Waals surface area contributed by atoms with Gasteiger partial charge in [-0.1, -0.05) is 0 Å². The van der Waals surface area contributed by atoms with E-state index in [4.69, 9.17) is 5.73 Å². The first kappa shape index (κ1) is 11.2. The summed E-state index contributed by atoms with van der Waals surface area (Å²) in [6.07, 6.45) is 2.44. The molecule has 2 aromatic rings. The first-order valence-electron chi connectivity index (χ1n) is 6.08. The molecule has 0 aromatic carbocycles. The van der Waals surface area contributed by atoms with E-state index in [9.17, 15) is 4.79 Å². The van der Waals surface area contributed by atoms with E-state index in [1.165, 1.54) is 17.4 Å². The third-order valence-electron chi connectivity index (χ3n) is 3.53. The molecule has 2 aromatic heterocycles. The molecule has 3 N–H and O–H groups in total. The second-order valence-corrected chi connectivity index (χ2v) is 4.74. The van der Waals surface area contributed by atoms with Gasteiger partial charge in [-0.3, -0.25) is 0 Å². The SMILES string of the molecule is CN(c1ccc2n[nH]c(=O)n2n1)C(CN)C1CC1. The Morgan fingerprint density at radius 1 is 1.61 bits per heavy atom. The van der Waals surface area contributed by atoms with Crippen LogP contribution in [0.1, 0.15) is 12.8 Å². The molecule has 1 atom stereocenters. The predicted octanol–water partition coefficient (Wildman–Crippen LogP) is -0.409. The molecule has 18 heavy (non-hydrogen) atoms. The number of nitrogens with two attached hydrogens (primary N) is 1. The maximum Gasteiger partial charge on any atom is 0.364 e. The van der Waals surface area contributed by atoms with Gasteiger partial charge < -0.3 is 10.6 Å². The maximum absolute atomic E-state index is 11.5. The molecular weight excluding hydrogens is 232 g/mol. The normalized spacial score (nSPS) is 17.0. The van der Waals surface area contributed by atoms with Crippen LogP contribution in [0.5, 0.6) is 0 Å². The smallest absolute Gasteiger partial charge is 0.354 e. The van der Waals surface area contributed by atoms with Gasteiger partial charge in [-0.05, 0) is 30.9 Å². The van der Waals surface area contributed by atoms with E-state index >= 15 is 0 Å². The van der Waals surface area contributed by atoms with Crippen molar-refractivity contribution in [2.24, 2.45) is 11.7 Å². The highest BCUT2D eigenvalue weighted by atomic mass is 16.2. The van der Waals surface area contributed by atoms with Crippen LogP contribution >= 0.6 is 0 Å². The Kier molecular flexibility index (Phi) is 2.55. The summed E-state index contributed by atoms with van der Waals surface area (Å²) in [7, 11) is 1.97. The van der Waals surface area contributed by atoms with Gasteiger partial charge in [0.15, 0.2) is 5.65 Å². The van der Waals surface area contributed by atoms with Crippen molar-refractivity contribution in [2.75, 3.05) is 18.5 Å². The van der Waals surface area contributed by atoms with E-state index in [1.807, 2.05) is 13.1 Å². The second kappa shape index (κ2) is 4.09. The van der Waals surface area contributed by atoms with Gasteiger partial charge in [-0.25, -0.2) is 9.89 Å². The number of fused-ring (bicyclic) bond motifs is 1. The van der Waals surface area contributed by atoms with Crippen LogP contribution in [0.15, 0.2) is 16.9 Å². The molecule has 1 unspecified atom stereocenters. The molecule has 96 valence electrons. The van der Waals surface area contributed by atoms with Gasteiger partial charge >= 0.3 is 5.69 Å². The number of aromatic amines is 1. The van der Waals surface area contributed by atoms with E-state index in [0.717, 1.165) is 5.82 Å². The van der Waals surface area contributed by atoms with Crippen molar-refractivity contribution >= 4 is 11.5 Å². The molecular formula is C11H16N6O. The summed E-state index contributed by atoms with van der Waals surface area (Å²) < 4.78 is 1.27. The van der Waals surface area contributed by atoms with Gasteiger partial charge in [-0.15, -0.1) is 5.10 Å². The number of nitrogens with one attached hydrogen (secondary N) is 1. The zero-order chi connectivity index (χ0) is 12.7. The number of hydrogen-bond donors (Lipinski definition) is 2. The van der Waals surface area contributed by atoms with Crippen LogP contribution in [0.3, 0.4) is 0 Å². The second-order valence-electron chi connectivity index (χ2n) is 4.74. The largest absolute Gasteiger partial charge is 0.364 e. The molecule has 7 heteroatoms. The van der Waals surface area contributed by atoms with Crippen LogP contribution in [0, 0.1) is 5.92 Å². The van der Waals surface area contributed by atoms with Gasteiger partial charge in [0, 0.05) is 19.6 Å². The van der Waals surface area contributed by atoms with Crippen molar-refractivity contribution in [3.05, 3.63) is 22.6 Å². The van der Waals surface area contributed by atoms with Crippen LogP contribution in [0.25, 0.3) is 5.65 Å². The summed E-state index contributed by atoms with van der Waals surface area (Å²) in [4.78, 5) is 13.5. The summed E-state index contributed by atoms with van der Waals surface area (Å²) in [5.41, 5.74) is 6.02. The van der Waals surface area contributed by atoms with Gasteiger partial charge in [0.1, 0.15) is 5.82 Å². The lowest BCUT2D eigenvalue weighted by molar-refractivity contribution is 0.562. The van der Waals surface area contributed by atoms with Crippen molar-refractivity contribution in [3.63, 3.8) is 0 Å². The van der Waals surface area contributed by atoms with Crippen LogP contribution in [0.2, 0.25) is 0 Å². The minimum Gasteiger partial charge on any atom is -0.354 e. The highest BCUT2D eigenvalue weighted by Gasteiger charge is 2.33. The molecule has 0 saturated heterocycles. The molecule has 1 aliphatic rings. The Hall–Kier alpha value is -1.89. The molecule has 2 heterocycles. The van der Waals surface area contributed by atoms with E-state index < -0.39 is 0 Å². The number of aromatic nitrogens is 4. The fourth-order valence-electron chi connectivity index (χ4n) is 2.30. The molecule has 3 rings (SSSR count). The Morgan fingerprint density at radius 3 is 3.06 bits per heavy atom. The fourth-order valence-corrected chi connectivity index (χ4v) is 2.30. The lowest BCUT2D eigenvalue weighted by atomic mass is 10.1. The lowest BCUT2D eigenvalue weighted by Crippen LogP contribution is -2.40. The average molecular weight is 248 g/mol. The number of hydrogen-bond acceptors (Lipinski definition) is 5. The van der Waals surface area contributed by atoms with Crippen LogP contribution < -0.4 is 16.3 Å². The lowest BCUT2D eigenvalue weighted by Gasteiger charge is -2.27. The van der Waals surface area contributed by atoms with Gasteiger partial charge in [0.05, 0.1) is 0 Å². The number of anilines is 1. The molecule has 1 aliphatic carbocycles. The highest BCUT2D eigenvalue weighted by molar-refractivity contribution is 5.45. The minimum absolute atomic E-state index is 0.289. The first-order valence-corrected chi connectivity index (χ1v) is 6.08. The van der Waals surface area contributed by atoms with Gasteiger partial charge in [-0.2, -0.15) is 9.61 Å². The molecule has 1 fully saturated rings. The third-order valence-corrected chi connectivity index (χ3v) is 3.53. The zero-order valence-electron chi connectivity index (χ0n) is 10.2. The van der Waals surface area contributed by atoms with E-state index in [0.29, 0.717) is 18.1 Å². The predicted molar refractivity (Wildman–Crippen MR) is 67.6 cm³/mol. The summed E-state index contributed by atoms with van der Waals surface area (Å²) in [6.45, 7) is 0.598. The summed E-state index contributed by atoms with van der Waals surface area (Å²) >= 11 is 0. The van der Waals surface area contributed by atoms with E-state index in [-0.39, 0.29) is 11.7 Å². The Labute approximate surface area is 104 Å². The Morgan fingerprint density at radius 2 is 2.39 bits per heavy atom. The number of rotatable bonds is 4. The van der Waals surface area contributed by atoms with Crippen molar-refractivity contribution in [2.45, 2.75) is 18.9 Å². The Balaban J connectivity index is 1.97. The molecule has 0 amide bonds. The highest BCUT2D eigenvalue weighted by Crippen LogP contribution is 2.35. The molecule has 0 aliphatic heterocycles. The van der Waals surface area contributed by atoms with Crippen molar-refractivity contribution < 1.29 is 0 Å². The minimum atomic E-state index is -0.323. The topological polar surface area (TPSA) is 92.3 Å². The zero-order valence-corrected chi connectivity index (χ0v) is 10.2. The summed E-state index contributed by atoms with van der Waals surface area (Å²) in [6, 6.07) is 3.93. The third kappa shape index (κ3) is 1.76. The van der Waals surface area contributed by atoms with Gasteiger partial charge in [0.2, 0.25) is 0 Å². The molecule has 1 saturated carbocycles. The average Bonchev–Trinajstić information content (AvgIpc) is 3.15. The van der Waals surface area contributed by atoms with Gasteiger partial charge in [0.25, 0.3) is 0 Å². The van der Waals surface area contributed by atoms with Crippen molar-refractivity contribution in [1.29, 1.82) is 0 Å².